The molecule has 19 heavy (non-hydrogen) atoms. The number of nitrogens with one attached hydrogen (secondary N) is 2. The van der Waals surface area contributed by atoms with E-state index >= 15 is 0 Å². The number of hydrogen-bond donors (Lipinski definition) is 3. The normalized spacial score (nSPS) is 11.0. The molecule has 5 nitrogen and oxygen atoms in total. The summed E-state index contributed by atoms with van der Waals surface area (Å²) in [6.45, 7) is 5.60. The Labute approximate surface area is 113 Å². The van der Waals surface area contributed by atoms with Gasteiger partial charge in [0.1, 0.15) is 11.6 Å². The van der Waals surface area contributed by atoms with Gasteiger partial charge in [-0.1, -0.05) is 6.07 Å². The maximum absolute atomic E-state index is 11.7. The van der Waals surface area contributed by atoms with Crippen LogP contribution in [-0.2, 0) is 4.79 Å². The first-order valence-corrected chi connectivity index (χ1v) is 5.98. The fourth-order valence-electron chi connectivity index (χ4n) is 1.43. The van der Waals surface area contributed by atoms with Crippen LogP contribution >= 0.6 is 0 Å². The second-order valence-corrected chi connectivity index (χ2v) is 4.53. The molecule has 0 saturated carbocycles. The van der Waals surface area contributed by atoms with Crippen LogP contribution < -0.4 is 16.4 Å². The molecule has 0 atom stereocenters. The largest absolute Gasteiger partial charge is 0.397 e. The third-order valence-corrected chi connectivity index (χ3v) is 2.37. The number of carbonyl (C=O) groups excluding carboxylic acids is 1. The van der Waals surface area contributed by atoms with E-state index in [-0.39, 0.29) is 11.6 Å². The zero-order valence-electron chi connectivity index (χ0n) is 11.3. The number of aryl methyl sites for hydroxylation is 1. The average Bonchev–Trinajstić information content (AvgIpc) is 2.33. The number of amides is 1. The van der Waals surface area contributed by atoms with Gasteiger partial charge in [-0.2, -0.15) is 5.26 Å². The van der Waals surface area contributed by atoms with Crippen molar-refractivity contribution in [3.8, 4) is 6.07 Å². The Morgan fingerprint density at radius 2 is 2.16 bits per heavy atom. The van der Waals surface area contributed by atoms with Crippen molar-refractivity contribution in [2.45, 2.75) is 26.8 Å². The van der Waals surface area contributed by atoms with Crippen LogP contribution in [0, 0.1) is 18.3 Å². The predicted octanol–water partition coefficient (Wildman–Crippen LogP) is 1.92. The fraction of sp³-hybridized carbons (Fsp3) is 0.286. The van der Waals surface area contributed by atoms with Crippen molar-refractivity contribution < 1.29 is 4.79 Å². The van der Waals surface area contributed by atoms with Gasteiger partial charge in [0, 0.05) is 12.2 Å². The highest BCUT2D eigenvalue weighted by Gasteiger charge is 2.09. The van der Waals surface area contributed by atoms with Crippen molar-refractivity contribution in [1.82, 2.24) is 5.32 Å². The number of hydrogen-bond acceptors (Lipinski definition) is 4. The summed E-state index contributed by atoms with van der Waals surface area (Å²) in [4.78, 5) is 11.7. The third-order valence-electron chi connectivity index (χ3n) is 2.37. The van der Waals surface area contributed by atoms with Crippen molar-refractivity contribution in [3.63, 3.8) is 0 Å². The zero-order chi connectivity index (χ0) is 14.4. The van der Waals surface area contributed by atoms with Gasteiger partial charge in [0.2, 0.25) is 0 Å². The minimum Gasteiger partial charge on any atom is -0.397 e. The fourth-order valence-corrected chi connectivity index (χ4v) is 1.43. The molecule has 0 fully saturated rings. The van der Waals surface area contributed by atoms with Crippen LogP contribution in [0.2, 0.25) is 0 Å². The number of nitriles is 1. The molecule has 4 N–H and O–H groups in total. The van der Waals surface area contributed by atoms with Crippen LogP contribution in [0.3, 0.4) is 0 Å². The van der Waals surface area contributed by atoms with Gasteiger partial charge >= 0.3 is 0 Å². The molecule has 0 aliphatic rings. The maximum Gasteiger partial charge on any atom is 0.263 e. The van der Waals surface area contributed by atoms with E-state index in [4.69, 9.17) is 11.0 Å². The second kappa shape index (κ2) is 6.45. The number of nitrogens with zero attached hydrogens (tertiary/aromatic N) is 1. The first kappa shape index (κ1) is 14.6. The number of benzene rings is 1. The molecule has 1 aromatic rings. The Morgan fingerprint density at radius 3 is 2.74 bits per heavy atom. The van der Waals surface area contributed by atoms with Crippen LogP contribution in [0.5, 0.6) is 0 Å². The van der Waals surface area contributed by atoms with Gasteiger partial charge in [0.15, 0.2) is 0 Å². The van der Waals surface area contributed by atoms with E-state index in [0.717, 1.165) is 5.56 Å². The lowest BCUT2D eigenvalue weighted by atomic mass is 10.2. The molecule has 0 aliphatic heterocycles. The molecule has 0 radical (unpaired) electrons. The third kappa shape index (κ3) is 4.36. The van der Waals surface area contributed by atoms with Crippen molar-refractivity contribution >= 4 is 17.3 Å². The second-order valence-electron chi connectivity index (χ2n) is 4.53. The molecular weight excluding hydrogens is 240 g/mol. The summed E-state index contributed by atoms with van der Waals surface area (Å²) in [5.74, 6) is -0.406. The SMILES string of the molecule is Cc1ccc(N)c(N/C=C(/C#N)C(=O)NC(C)C)c1. The predicted molar refractivity (Wildman–Crippen MR) is 76.2 cm³/mol. The number of nitrogen functional groups attached to an aromatic ring is 1. The molecule has 0 bridgehead atoms. The van der Waals surface area contributed by atoms with E-state index in [1.807, 2.05) is 39.0 Å². The van der Waals surface area contributed by atoms with Gasteiger partial charge in [-0.05, 0) is 38.5 Å². The Bertz CT molecular complexity index is 541. The summed E-state index contributed by atoms with van der Waals surface area (Å²) < 4.78 is 0. The molecule has 1 amide bonds. The molecule has 0 aromatic heterocycles. The van der Waals surface area contributed by atoms with Gasteiger partial charge in [0.05, 0.1) is 11.4 Å². The van der Waals surface area contributed by atoms with Crippen LogP contribution in [0.1, 0.15) is 19.4 Å². The summed E-state index contributed by atoms with van der Waals surface area (Å²) in [5, 5.41) is 14.5. The van der Waals surface area contributed by atoms with Crippen molar-refractivity contribution in [2.75, 3.05) is 11.1 Å². The summed E-state index contributed by atoms with van der Waals surface area (Å²) >= 11 is 0. The molecule has 0 aliphatic carbocycles. The van der Waals surface area contributed by atoms with E-state index < -0.39 is 5.91 Å². The highest BCUT2D eigenvalue weighted by molar-refractivity contribution is 5.97. The lowest BCUT2D eigenvalue weighted by Crippen LogP contribution is -2.31. The van der Waals surface area contributed by atoms with Crippen LogP contribution in [-0.4, -0.2) is 11.9 Å². The van der Waals surface area contributed by atoms with Gasteiger partial charge in [0.25, 0.3) is 5.91 Å². The molecule has 1 rings (SSSR count). The van der Waals surface area contributed by atoms with Crippen LogP contribution in [0.4, 0.5) is 11.4 Å². The van der Waals surface area contributed by atoms with Crippen molar-refractivity contribution in [2.24, 2.45) is 0 Å². The highest BCUT2D eigenvalue weighted by Crippen LogP contribution is 2.19. The lowest BCUT2D eigenvalue weighted by Gasteiger charge is -2.09. The Hall–Kier alpha value is -2.48. The van der Waals surface area contributed by atoms with E-state index in [2.05, 4.69) is 10.6 Å². The maximum atomic E-state index is 11.7. The Balaban J connectivity index is 2.86. The quantitative estimate of drug-likeness (QED) is 0.437. The molecular formula is C14H18N4O. The average molecular weight is 258 g/mol. The Kier molecular flexibility index (Phi) is 4.95. The van der Waals surface area contributed by atoms with E-state index in [9.17, 15) is 4.79 Å². The van der Waals surface area contributed by atoms with Crippen LogP contribution in [0.25, 0.3) is 0 Å². The van der Waals surface area contributed by atoms with Gasteiger partial charge < -0.3 is 16.4 Å². The number of rotatable bonds is 4. The van der Waals surface area contributed by atoms with Gasteiger partial charge in [-0.15, -0.1) is 0 Å². The number of anilines is 2. The molecule has 0 saturated heterocycles. The summed E-state index contributed by atoms with van der Waals surface area (Å²) in [6.07, 6.45) is 1.36. The molecule has 0 heterocycles. The van der Waals surface area contributed by atoms with Gasteiger partial charge in [-0.3, -0.25) is 4.79 Å². The van der Waals surface area contributed by atoms with Crippen molar-refractivity contribution in [3.05, 3.63) is 35.5 Å². The topological polar surface area (TPSA) is 90.9 Å². The first-order chi connectivity index (χ1) is 8.93. The lowest BCUT2D eigenvalue weighted by molar-refractivity contribution is -0.117. The smallest absolute Gasteiger partial charge is 0.263 e. The molecule has 1 aromatic carbocycles. The highest BCUT2D eigenvalue weighted by atomic mass is 16.1. The van der Waals surface area contributed by atoms with E-state index in [1.54, 1.807) is 6.07 Å². The molecule has 0 spiro atoms. The minimum atomic E-state index is -0.406. The number of carbonyl (C=O) groups is 1. The van der Waals surface area contributed by atoms with E-state index in [0.29, 0.717) is 11.4 Å². The Morgan fingerprint density at radius 1 is 1.47 bits per heavy atom. The number of nitrogens with two attached hydrogens (primary N) is 1. The van der Waals surface area contributed by atoms with E-state index in [1.165, 1.54) is 6.20 Å². The van der Waals surface area contributed by atoms with Gasteiger partial charge in [-0.25, -0.2) is 0 Å². The van der Waals surface area contributed by atoms with Crippen LogP contribution in [0.15, 0.2) is 30.0 Å². The molecule has 5 heteroatoms. The monoisotopic (exact) mass is 258 g/mol. The summed E-state index contributed by atoms with van der Waals surface area (Å²) in [5.41, 5.74) is 8.07. The molecule has 0 unspecified atom stereocenters. The summed E-state index contributed by atoms with van der Waals surface area (Å²) in [7, 11) is 0. The minimum absolute atomic E-state index is 0.00889. The first-order valence-electron chi connectivity index (χ1n) is 5.98. The zero-order valence-corrected chi connectivity index (χ0v) is 11.3. The van der Waals surface area contributed by atoms with Crippen molar-refractivity contribution in [1.29, 1.82) is 5.26 Å². The molecule has 100 valence electrons. The summed E-state index contributed by atoms with van der Waals surface area (Å²) in [6, 6.07) is 7.34. The standard InChI is InChI=1S/C14H18N4O/c1-9(2)18-14(19)11(7-15)8-17-13-6-10(3)4-5-12(13)16/h4-6,8-9,17H,16H2,1-3H3,(H,18,19)/b11-8-.